The fraction of sp³-hybridized carbons (Fsp3) is 0.500. The van der Waals surface area contributed by atoms with E-state index in [-0.39, 0.29) is 5.56 Å². The van der Waals surface area contributed by atoms with Crippen molar-refractivity contribution in [1.29, 1.82) is 0 Å². The molecule has 1 aliphatic heterocycles. The zero-order valence-electron chi connectivity index (χ0n) is 12.1. The molecule has 0 amide bonds. The van der Waals surface area contributed by atoms with Crippen LogP contribution in [-0.2, 0) is 6.42 Å². The molecule has 7 heteroatoms. The molecule has 0 saturated carbocycles. The van der Waals surface area contributed by atoms with Gasteiger partial charge >= 0.3 is 5.97 Å². The minimum atomic E-state index is -0.952. The molecule has 0 spiro atoms. The van der Waals surface area contributed by atoms with Crippen molar-refractivity contribution in [2.24, 2.45) is 0 Å². The first-order chi connectivity index (χ1) is 10.1. The van der Waals surface area contributed by atoms with E-state index in [9.17, 15) is 4.79 Å². The van der Waals surface area contributed by atoms with Crippen molar-refractivity contribution in [3.8, 4) is 0 Å². The van der Waals surface area contributed by atoms with E-state index < -0.39 is 5.97 Å². The predicted octanol–water partition coefficient (Wildman–Crippen LogP) is 0.217. The van der Waals surface area contributed by atoms with E-state index in [0.29, 0.717) is 5.65 Å². The third-order valence-electron chi connectivity index (χ3n) is 3.87. The number of piperazine rings is 1. The molecule has 3 heterocycles. The maximum Gasteiger partial charge on any atom is 0.337 e. The lowest BCUT2D eigenvalue weighted by molar-refractivity contribution is 0.0696. The highest BCUT2D eigenvalue weighted by molar-refractivity contribution is 5.87. The molecule has 2 aromatic rings. The van der Waals surface area contributed by atoms with Crippen molar-refractivity contribution in [3.05, 3.63) is 29.7 Å². The molecular formula is C14H19N5O2. The summed E-state index contributed by atoms with van der Waals surface area (Å²) in [4.78, 5) is 20.1. The molecule has 1 fully saturated rings. The van der Waals surface area contributed by atoms with Crippen LogP contribution in [0.3, 0.4) is 0 Å². The molecule has 0 aromatic carbocycles. The molecule has 112 valence electrons. The smallest absolute Gasteiger partial charge is 0.337 e. The van der Waals surface area contributed by atoms with Crippen LogP contribution in [0, 0.1) is 0 Å². The van der Waals surface area contributed by atoms with Crippen LogP contribution < -0.4 is 0 Å². The van der Waals surface area contributed by atoms with Gasteiger partial charge < -0.3 is 14.9 Å². The Bertz CT molecular complexity index is 646. The van der Waals surface area contributed by atoms with Crippen LogP contribution in [0.25, 0.3) is 5.65 Å². The van der Waals surface area contributed by atoms with E-state index in [0.717, 1.165) is 45.0 Å². The molecule has 0 aliphatic carbocycles. The molecule has 3 rings (SSSR count). The van der Waals surface area contributed by atoms with Crippen molar-refractivity contribution >= 4 is 11.6 Å². The average Bonchev–Trinajstić information content (AvgIpc) is 2.88. The first kappa shape index (κ1) is 14.0. The number of likely N-dealkylation sites (N-methyl/N-ethyl adjacent to an activating group) is 1. The predicted molar refractivity (Wildman–Crippen MR) is 77.6 cm³/mol. The zero-order chi connectivity index (χ0) is 14.8. The minimum Gasteiger partial charge on any atom is -0.478 e. The van der Waals surface area contributed by atoms with Crippen LogP contribution >= 0.6 is 0 Å². The number of carbonyl (C=O) groups is 1. The molecule has 0 unspecified atom stereocenters. The summed E-state index contributed by atoms with van der Waals surface area (Å²) in [5.41, 5.74) is 0.909. The van der Waals surface area contributed by atoms with Crippen LogP contribution in [0.4, 0.5) is 0 Å². The lowest BCUT2D eigenvalue weighted by Gasteiger charge is -2.31. The van der Waals surface area contributed by atoms with E-state index in [1.165, 1.54) is 6.20 Å². The molecule has 2 aromatic heterocycles. The molecular weight excluding hydrogens is 270 g/mol. The second-order valence-electron chi connectivity index (χ2n) is 5.45. The fourth-order valence-corrected chi connectivity index (χ4v) is 2.49. The SMILES string of the molecule is CN1CCN(CCc2nc3ccc(C(=O)O)cn3n2)CC1. The Hall–Kier alpha value is -1.99. The van der Waals surface area contributed by atoms with Gasteiger partial charge in [-0.1, -0.05) is 0 Å². The standard InChI is InChI=1S/C14H19N5O2/c1-17-6-8-18(9-7-17)5-4-12-15-13-3-2-11(14(20)21)10-19(13)16-12/h2-3,10H,4-9H2,1H3,(H,20,21). The second kappa shape index (κ2) is 5.79. The van der Waals surface area contributed by atoms with Gasteiger partial charge in [-0.15, -0.1) is 0 Å². The molecule has 1 aliphatic rings. The van der Waals surface area contributed by atoms with Gasteiger partial charge in [0.15, 0.2) is 11.5 Å². The van der Waals surface area contributed by atoms with Gasteiger partial charge in [-0.2, -0.15) is 5.10 Å². The quantitative estimate of drug-likeness (QED) is 0.868. The molecule has 1 N–H and O–H groups in total. The number of nitrogens with zero attached hydrogens (tertiary/aromatic N) is 5. The van der Waals surface area contributed by atoms with Crippen molar-refractivity contribution in [2.75, 3.05) is 39.8 Å². The van der Waals surface area contributed by atoms with Gasteiger partial charge in [0.1, 0.15) is 0 Å². The van der Waals surface area contributed by atoms with Gasteiger partial charge in [0.25, 0.3) is 0 Å². The van der Waals surface area contributed by atoms with Crippen LogP contribution in [0.5, 0.6) is 0 Å². The Morgan fingerprint density at radius 1 is 1.29 bits per heavy atom. The summed E-state index contributed by atoms with van der Waals surface area (Å²) in [6.45, 7) is 5.29. The first-order valence-electron chi connectivity index (χ1n) is 7.11. The van der Waals surface area contributed by atoms with Gasteiger partial charge in [0.05, 0.1) is 5.56 Å². The van der Waals surface area contributed by atoms with Gasteiger partial charge in [0, 0.05) is 45.3 Å². The van der Waals surface area contributed by atoms with Crippen molar-refractivity contribution in [1.82, 2.24) is 24.4 Å². The van der Waals surface area contributed by atoms with Crippen LogP contribution in [0.1, 0.15) is 16.2 Å². The molecule has 0 radical (unpaired) electrons. The summed E-state index contributed by atoms with van der Waals surface area (Å²) in [5, 5.41) is 13.3. The van der Waals surface area contributed by atoms with Gasteiger partial charge in [-0.05, 0) is 19.2 Å². The van der Waals surface area contributed by atoms with Crippen molar-refractivity contribution in [2.45, 2.75) is 6.42 Å². The molecule has 0 bridgehead atoms. The lowest BCUT2D eigenvalue weighted by Crippen LogP contribution is -2.45. The Morgan fingerprint density at radius 3 is 2.76 bits per heavy atom. The third kappa shape index (κ3) is 3.20. The Kier molecular flexibility index (Phi) is 3.85. The summed E-state index contributed by atoms with van der Waals surface area (Å²) >= 11 is 0. The summed E-state index contributed by atoms with van der Waals surface area (Å²) in [6, 6.07) is 3.24. The number of hydrogen-bond donors (Lipinski definition) is 1. The zero-order valence-corrected chi connectivity index (χ0v) is 12.1. The molecule has 1 saturated heterocycles. The monoisotopic (exact) mass is 289 g/mol. The maximum atomic E-state index is 10.9. The number of fused-ring (bicyclic) bond motifs is 1. The highest BCUT2D eigenvalue weighted by Crippen LogP contribution is 2.07. The number of aromatic carboxylic acids is 1. The normalized spacial score (nSPS) is 17.4. The third-order valence-corrected chi connectivity index (χ3v) is 3.87. The summed E-state index contributed by atoms with van der Waals surface area (Å²) in [5.74, 6) is -0.192. The fourth-order valence-electron chi connectivity index (χ4n) is 2.49. The number of hydrogen-bond acceptors (Lipinski definition) is 5. The van der Waals surface area contributed by atoms with Crippen LogP contribution in [0.15, 0.2) is 18.3 Å². The highest BCUT2D eigenvalue weighted by atomic mass is 16.4. The molecule has 0 atom stereocenters. The summed E-state index contributed by atoms with van der Waals surface area (Å²) in [6.07, 6.45) is 2.29. The Balaban J connectivity index is 1.66. The second-order valence-corrected chi connectivity index (χ2v) is 5.45. The van der Waals surface area contributed by atoms with E-state index in [1.807, 2.05) is 0 Å². The van der Waals surface area contributed by atoms with Crippen LogP contribution in [0.2, 0.25) is 0 Å². The Labute approximate surface area is 122 Å². The van der Waals surface area contributed by atoms with Crippen molar-refractivity contribution in [3.63, 3.8) is 0 Å². The van der Waals surface area contributed by atoms with Crippen LogP contribution in [-0.4, -0.2) is 75.2 Å². The van der Waals surface area contributed by atoms with Gasteiger partial charge in [-0.3, -0.25) is 0 Å². The number of pyridine rings is 1. The minimum absolute atomic E-state index is 0.220. The van der Waals surface area contributed by atoms with E-state index >= 15 is 0 Å². The highest BCUT2D eigenvalue weighted by Gasteiger charge is 2.14. The van der Waals surface area contributed by atoms with Gasteiger partial charge in [0.2, 0.25) is 0 Å². The number of carboxylic acid groups (broad SMARTS) is 1. The number of rotatable bonds is 4. The van der Waals surface area contributed by atoms with E-state index in [2.05, 4.69) is 26.9 Å². The van der Waals surface area contributed by atoms with Gasteiger partial charge in [-0.25, -0.2) is 14.3 Å². The maximum absolute atomic E-state index is 10.9. The average molecular weight is 289 g/mol. The number of aromatic nitrogens is 3. The largest absolute Gasteiger partial charge is 0.478 e. The lowest BCUT2D eigenvalue weighted by atomic mass is 10.3. The van der Waals surface area contributed by atoms with E-state index in [1.54, 1.807) is 16.6 Å². The summed E-state index contributed by atoms with van der Waals surface area (Å²) in [7, 11) is 2.14. The first-order valence-corrected chi connectivity index (χ1v) is 7.11. The van der Waals surface area contributed by atoms with E-state index in [4.69, 9.17) is 5.11 Å². The number of carboxylic acids is 1. The molecule has 21 heavy (non-hydrogen) atoms. The Morgan fingerprint density at radius 2 is 2.05 bits per heavy atom. The summed E-state index contributed by atoms with van der Waals surface area (Å²) < 4.78 is 1.54. The molecule has 7 nitrogen and oxygen atoms in total. The topological polar surface area (TPSA) is 74.0 Å². The van der Waals surface area contributed by atoms with Crippen molar-refractivity contribution < 1.29 is 9.90 Å².